The summed E-state index contributed by atoms with van der Waals surface area (Å²) >= 11 is 0. The Morgan fingerprint density at radius 2 is 1.72 bits per heavy atom. The summed E-state index contributed by atoms with van der Waals surface area (Å²) in [5.41, 5.74) is 8.45. The van der Waals surface area contributed by atoms with Crippen molar-refractivity contribution in [3.8, 4) is 5.69 Å². The number of rotatable bonds is 5. The van der Waals surface area contributed by atoms with Crippen molar-refractivity contribution in [1.82, 2.24) is 9.99 Å². The molecule has 1 heterocycles. The molecule has 3 rings (SSSR count). The number of hydrazone groups is 1. The molecular weight excluding hydrogens is 368 g/mol. The number of nitrogens with one attached hydrogen (secondary N) is 1. The van der Waals surface area contributed by atoms with E-state index in [-0.39, 0.29) is 11.3 Å². The quantitative estimate of drug-likeness (QED) is 0.398. The lowest BCUT2D eigenvalue weighted by molar-refractivity contribution is -0.385. The van der Waals surface area contributed by atoms with Crippen LogP contribution in [0.3, 0.4) is 0 Å². The van der Waals surface area contributed by atoms with E-state index in [1.54, 1.807) is 12.3 Å². The van der Waals surface area contributed by atoms with E-state index in [0.717, 1.165) is 22.6 Å². The Hall–Kier alpha value is -3.74. The minimum atomic E-state index is -0.628. The van der Waals surface area contributed by atoms with E-state index in [9.17, 15) is 14.9 Å². The third-order valence-electron chi connectivity index (χ3n) is 4.85. The number of nitro benzene ring substituents is 1. The Balaban J connectivity index is 1.86. The fourth-order valence-electron chi connectivity index (χ4n) is 3.47. The summed E-state index contributed by atoms with van der Waals surface area (Å²) in [5.74, 6) is -0.628. The molecule has 0 saturated carbocycles. The van der Waals surface area contributed by atoms with Gasteiger partial charge in [-0.05, 0) is 51.0 Å². The number of carbonyl (C=O) groups is 1. The molecule has 0 unspecified atom stereocenters. The number of aromatic nitrogens is 1. The van der Waals surface area contributed by atoms with Gasteiger partial charge in [-0.3, -0.25) is 14.9 Å². The molecule has 0 atom stereocenters. The van der Waals surface area contributed by atoms with Crippen LogP contribution < -0.4 is 5.43 Å². The number of hydrogen-bond acceptors (Lipinski definition) is 4. The molecule has 0 aliphatic heterocycles. The first-order chi connectivity index (χ1) is 13.8. The van der Waals surface area contributed by atoms with Gasteiger partial charge in [0.1, 0.15) is 5.56 Å². The molecule has 1 N–H and O–H groups in total. The first-order valence-electron chi connectivity index (χ1n) is 9.13. The Bertz CT molecular complexity index is 1110. The van der Waals surface area contributed by atoms with E-state index >= 15 is 0 Å². The summed E-state index contributed by atoms with van der Waals surface area (Å²) in [7, 11) is 0. The van der Waals surface area contributed by atoms with Crippen LogP contribution >= 0.6 is 0 Å². The summed E-state index contributed by atoms with van der Waals surface area (Å²) in [5, 5.41) is 15.1. The number of aryl methyl sites for hydroxylation is 3. The van der Waals surface area contributed by atoms with Gasteiger partial charge in [0.25, 0.3) is 11.6 Å². The van der Waals surface area contributed by atoms with Crippen molar-refractivity contribution in [2.45, 2.75) is 27.7 Å². The van der Waals surface area contributed by atoms with Gasteiger partial charge in [-0.15, -0.1) is 0 Å². The second-order valence-electron chi connectivity index (χ2n) is 6.88. The summed E-state index contributed by atoms with van der Waals surface area (Å²) in [4.78, 5) is 22.8. The zero-order valence-corrected chi connectivity index (χ0v) is 16.8. The van der Waals surface area contributed by atoms with Gasteiger partial charge >= 0.3 is 0 Å². The number of amides is 1. The number of carbonyl (C=O) groups excluding carboxylic acids is 1. The number of nitrogens with zero attached hydrogens (tertiary/aromatic N) is 3. The monoisotopic (exact) mass is 390 g/mol. The average molecular weight is 390 g/mol. The lowest BCUT2D eigenvalue weighted by atomic mass is 10.1. The van der Waals surface area contributed by atoms with Gasteiger partial charge in [-0.1, -0.05) is 30.3 Å². The predicted molar refractivity (Wildman–Crippen MR) is 113 cm³/mol. The number of nitro groups is 1. The number of para-hydroxylation sites is 2. The molecule has 29 heavy (non-hydrogen) atoms. The van der Waals surface area contributed by atoms with E-state index in [0.29, 0.717) is 0 Å². The smallest absolute Gasteiger partial charge is 0.282 e. The molecule has 7 nitrogen and oxygen atoms in total. The van der Waals surface area contributed by atoms with E-state index in [4.69, 9.17) is 0 Å². The molecule has 0 aliphatic carbocycles. The van der Waals surface area contributed by atoms with Gasteiger partial charge in [0, 0.05) is 23.0 Å². The van der Waals surface area contributed by atoms with Crippen LogP contribution in [0.5, 0.6) is 0 Å². The number of hydrogen-bond donors (Lipinski definition) is 1. The highest BCUT2D eigenvalue weighted by Gasteiger charge is 2.19. The maximum absolute atomic E-state index is 12.3. The lowest BCUT2D eigenvalue weighted by Crippen LogP contribution is -2.19. The van der Waals surface area contributed by atoms with E-state index < -0.39 is 10.8 Å². The molecule has 0 saturated heterocycles. The fraction of sp³-hybridized carbons (Fsp3) is 0.182. The molecule has 3 aromatic rings. The molecule has 0 fully saturated rings. The lowest BCUT2D eigenvalue weighted by Gasteiger charge is -2.15. The predicted octanol–water partition coefficient (Wildman–Crippen LogP) is 4.38. The van der Waals surface area contributed by atoms with Gasteiger partial charge in [0.15, 0.2) is 0 Å². The van der Waals surface area contributed by atoms with Crippen molar-refractivity contribution in [2.75, 3.05) is 0 Å². The SMILES string of the molecule is Cc1cccc(C)c1-n1c(C)cc(/C=N/NC(=O)c2ccccc2[N+](=O)[O-])c1C. The van der Waals surface area contributed by atoms with Crippen LogP contribution in [-0.2, 0) is 0 Å². The Morgan fingerprint density at radius 1 is 1.07 bits per heavy atom. The van der Waals surface area contributed by atoms with Crippen LogP contribution in [0.25, 0.3) is 5.69 Å². The van der Waals surface area contributed by atoms with Crippen LogP contribution in [0.15, 0.2) is 53.6 Å². The van der Waals surface area contributed by atoms with Gasteiger partial charge < -0.3 is 4.57 Å². The highest BCUT2D eigenvalue weighted by Crippen LogP contribution is 2.25. The summed E-state index contributed by atoms with van der Waals surface area (Å²) in [6, 6.07) is 13.9. The van der Waals surface area contributed by atoms with Crippen molar-refractivity contribution in [1.29, 1.82) is 0 Å². The Morgan fingerprint density at radius 3 is 2.38 bits per heavy atom. The average Bonchev–Trinajstić information content (AvgIpc) is 2.95. The van der Waals surface area contributed by atoms with Crippen molar-refractivity contribution < 1.29 is 9.72 Å². The number of benzene rings is 2. The highest BCUT2D eigenvalue weighted by molar-refractivity contribution is 5.98. The molecule has 0 spiro atoms. The van der Waals surface area contributed by atoms with Crippen LogP contribution in [0.2, 0.25) is 0 Å². The third-order valence-corrected chi connectivity index (χ3v) is 4.85. The summed E-state index contributed by atoms with van der Waals surface area (Å²) < 4.78 is 2.16. The van der Waals surface area contributed by atoms with Gasteiger partial charge in [-0.2, -0.15) is 5.10 Å². The van der Waals surface area contributed by atoms with Crippen LogP contribution in [0, 0.1) is 37.8 Å². The van der Waals surface area contributed by atoms with E-state index in [2.05, 4.69) is 41.1 Å². The molecule has 0 aliphatic rings. The molecule has 1 aromatic heterocycles. The van der Waals surface area contributed by atoms with Crippen LogP contribution in [0.4, 0.5) is 5.69 Å². The summed E-state index contributed by atoms with van der Waals surface area (Å²) in [6.07, 6.45) is 1.55. The minimum absolute atomic E-state index is 0.0318. The maximum Gasteiger partial charge on any atom is 0.282 e. The highest BCUT2D eigenvalue weighted by atomic mass is 16.6. The molecule has 7 heteroatoms. The van der Waals surface area contributed by atoms with Gasteiger partial charge in [0.2, 0.25) is 0 Å². The van der Waals surface area contributed by atoms with Crippen molar-refractivity contribution in [3.05, 3.63) is 92.3 Å². The molecule has 0 radical (unpaired) electrons. The first-order valence-corrected chi connectivity index (χ1v) is 9.13. The zero-order chi connectivity index (χ0) is 21.1. The maximum atomic E-state index is 12.3. The molecular formula is C22H22N4O3. The largest absolute Gasteiger partial charge is 0.317 e. The van der Waals surface area contributed by atoms with Crippen molar-refractivity contribution >= 4 is 17.8 Å². The molecule has 1 amide bonds. The standard InChI is InChI=1S/C22H22N4O3/c1-14-8-7-9-15(2)21(14)25-16(3)12-18(17(25)4)13-23-24-22(27)19-10-5-6-11-20(19)26(28)29/h5-13H,1-4H3,(H,24,27)/b23-13+. The molecule has 0 bridgehead atoms. The molecule has 148 valence electrons. The van der Waals surface area contributed by atoms with E-state index in [1.165, 1.54) is 29.3 Å². The summed E-state index contributed by atoms with van der Waals surface area (Å²) in [6.45, 7) is 8.15. The van der Waals surface area contributed by atoms with Crippen LogP contribution in [-0.4, -0.2) is 21.6 Å². The topological polar surface area (TPSA) is 89.5 Å². The molecule has 2 aromatic carbocycles. The van der Waals surface area contributed by atoms with Gasteiger partial charge in [0.05, 0.1) is 16.8 Å². The first kappa shape index (κ1) is 20.0. The van der Waals surface area contributed by atoms with Crippen molar-refractivity contribution in [3.63, 3.8) is 0 Å². The van der Waals surface area contributed by atoms with Crippen LogP contribution in [0.1, 0.15) is 38.4 Å². The second kappa shape index (κ2) is 8.10. The Kier molecular flexibility index (Phi) is 5.59. The minimum Gasteiger partial charge on any atom is -0.317 e. The van der Waals surface area contributed by atoms with Gasteiger partial charge in [-0.25, -0.2) is 5.43 Å². The Labute approximate surface area is 168 Å². The van der Waals surface area contributed by atoms with Crippen molar-refractivity contribution in [2.24, 2.45) is 5.10 Å². The van der Waals surface area contributed by atoms with E-state index in [1.807, 2.05) is 26.0 Å². The normalized spacial score (nSPS) is 11.0. The second-order valence-corrected chi connectivity index (χ2v) is 6.88. The third kappa shape index (κ3) is 3.94. The fourth-order valence-corrected chi connectivity index (χ4v) is 3.47. The zero-order valence-electron chi connectivity index (χ0n) is 16.8.